The highest BCUT2D eigenvalue weighted by Gasteiger charge is 2.15. The van der Waals surface area contributed by atoms with Crippen LogP contribution in [0.25, 0.3) is 0 Å². The van der Waals surface area contributed by atoms with Crippen LogP contribution in [0.1, 0.15) is 11.6 Å². The van der Waals surface area contributed by atoms with E-state index in [1.807, 2.05) is 0 Å². The van der Waals surface area contributed by atoms with Gasteiger partial charge >= 0.3 is 0 Å². The van der Waals surface area contributed by atoms with Gasteiger partial charge in [-0.1, -0.05) is 0 Å². The van der Waals surface area contributed by atoms with Gasteiger partial charge < -0.3 is 10.8 Å². The Bertz CT molecular complexity index is 322. The number of nitrogens with two attached hydrogens (primary N) is 1. The van der Waals surface area contributed by atoms with Crippen molar-refractivity contribution in [3.8, 4) is 0 Å². The van der Waals surface area contributed by atoms with Crippen LogP contribution >= 0.6 is 12.4 Å². The molecule has 0 saturated heterocycles. The zero-order chi connectivity index (χ0) is 10.0. The molecule has 6 heteroatoms. The highest BCUT2D eigenvalue weighted by atomic mass is 35.5. The molecular weight excluding hydrogens is 219 g/mol. The zero-order valence-corrected chi connectivity index (χ0v) is 7.82. The van der Waals surface area contributed by atoms with Crippen molar-refractivity contribution in [1.29, 1.82) is 0 Å². The standard InChI is InChI=1S/C8H8F3NO.ClH/c9-4-1-5(7(12)3-13)8(11)6(10)2-4;/h1-2,7,13H,3,12H2;1H/t7-;/m0./s1. The van der Waals surface area contributed by atoms with E-state index < -0.39 is 30.1 Å². The number of aliphatic hydroxyl groups excluding tert-OH is 1. The molecule has 0 bridgehead atoms. The van der Waals surface area contributed by atoms with E-state index in [0.29, 0.717) is 6.07 Å². The van der Waals surface area contributed by atoms with E-state index in [0.717, 1.165) is 6.07 Å². The van der Waals surface area contributed by atoms with Gasteiger partial charge in [0, 0.05) is 11.6 Å². The minimum atomic E-state index is -1.31. The average molecular weight is 228 g/mol. The summed E-state index contributed by atoms with van der Waals surface area (Å²) in [5.74, 6) is -3.44. The van der Waals surface area contributed by atoms with Gasteiger partial charge in [-0.2, -0.15) is 0 Å². The molecule has 0 spiro atoms. The van der Waals surface area contributed by atoms with E-state index in [4.69, 9.17) is 10.8 Å². The fraction of sp³-hybridized carbons (Fsp3) is 0.250. The van der Waals surface area contributed by atoms with Gasteiger partial charge in [-0.05, 0) is 6.07 Å². The maximum atomic E-state index is 12.9. The number of aliphatic hydroxyl groups is 1. The van der Waals surface area contributed by atoms with Crippen molar-refractivity contribution < 1.29 is 18.3 Å². The van der Waals surface area contributed by atoms with Crippen LogP contribution in [0.15, 0.2) is 12.1 Å². The molecular formula is C8H9ClF3NO. The first-order chi connectivity index (χ1) is 6.06. The summed E-state index contributed by atoms with van der Waals surface area (Å²) in [6.45, 7) is -0.570. The van der Waals surface area contributed by atoms with Crippen molar-refractivity contribution in [3.63, 3.8) is 0 Å². The molecule has 0 aliphatic heterocycles. The molecule has 0 radical (unpaired) electrons. The van der Waals surface area contributed by atoms with E-state index in [2.05, 4.69) is 0 Å². The van der Waals surface area contributed by atoms with Crippen molar-refractivity contribution in [1.82, 2.24) is 0 Å². The van der Waals surface area contributed by atoms with E-state index >= 15 is 0 Å². The highest BCUT2D eigenvalue weighted by Crippen LogP contribution is 2.19. The maximum absolute atomic E-state index is 12.9. The third kappa shape index (κ3) is 2.60. The summed E-state index contributed by atoms with van der Waals surface area (Å²) in [7, 11) is 0. The van der Waals surface area contributed by atoms with Gasteiger partial charge in [-0.3, -0.25) is 0 Å². The van der Waals surface area contributed by atoms with Crippen molar-refractivity contribution in [3.05, 3.63) is 35.1 Å². The van der Waals surface area contributed by atoms with Gasteiger partial charge in [0.15, 0.2) is 11.6 Å². The predicted molar refractivity (Wildman–Crippen MR) is 47.6 cm³/mol. The van der Waals surface area contributed by atoms with Crippen LogP contribution < -0.4 is 5.73 Å². The van der Waals surface area contributed by atoms with E-state index in [-0.39, 0.29) is 18.0 Å². The fourth-order valence-corrected chi connectivity index (χ4v) is 0.944. The van der Waals surface area contributed by atoms with Gasteiger partial charge in [0.1, 0.15) is 5.82 Å². The quantitative estimate of drug-likeness (QED) is 0.753. The molecule has 14 heavy (non-hydrogen) atoms. The molecule has 3 N–H and O–H groups in total. The number of halogens is 4. The molecule has 1 rings (SSSR count). The Morgan fingerprint density at radius 2 is 1.86 bits per heavy atom. The highest BCUT2D eigenvalue weighted by molar-refractivity contribution is 5.85. The Hall–Kier alpha value is -0.780. The first kappa shape index (κ1) is 13.2. The number of hydrogen-bond acceptors (Lipinski definition) is 2. The summed E-state index contributed by atoms with van der Waals surface area (Å²) in [4.78, 5) is 0. The molecule has 0 saturated carbocycles. The van der Waals surface area contributed by atoms with Crippen LogP contribution in [-0.4, -0.2) is 11.7 Å². The lowest BCUT2D eigenvalue weighted by atomic mass is 10.1. The molecule has 0 aliphatic rings. The first-order valence-corrected chi connectivity index (χ1v) is 3.57. The van der Waals surface area contributed by atoms with Gasteiger partial charge in [0.05, 0.1) is 12.6 Å². The Labute approximate surface area is 84.9 Å². The second-order valence-corrected chi connectivity index (χ2v) is 2.58. The molecule has 0 unspecified atom stereocenters. The summed E-state index contributed by atoms with van der Waals surface area (Å²) < 4.78 is 38.0. The predicted octanol–water partition coefficient (Wildman–Crippen LogP) is 1.52. The van der Waals surface area contributed by atoms with Crippen molar-refractivity contribution in [2.24, 2.45) is 5.73 Å². The molecule has 2 nitrogen and oxygen atoms in total. The lowest BCUT2D eigenvalue weighted by Crippen LogP contribution is -2.17. The van der Waals surface area contributed by atoms with Crippen molar-refractivity contribution >= 4 is 12.4 Å². The summed E-state index contributed by atoms with van der Waals surface area (Å²) in [6.07, 6.45) is 0. The Balaban J connectivity index is 0.00000169. The normalized spacial score (nSPS) is 12.1. The number of rotatable bonds is 2. The van der Waals surface area contributed by atoms with Crippen molar-refractivity contribution in [2.45, 2.75) is 6.04 Å². The molecule has 0 heterocycles. The number of hydrogen-bond donors (Lipinski definition) is 2. The van der Waals surface area contributed by atoms with E-state index in [1.165, 1.54) is 0 Å². The summed E-state index contributed by atoms with van der Waals surface area (Å²) in [6, 6.07) is 0.0765. The molecule has 1 aromatic rings. The minimum absolute atomic E-state index is 0. The van der Waals surface area contributed by atoms with Crippen LogP contribution in [0.2, 0.25) is 0 Å². The summed E-state index contributed by atoms with van der Waals surface area (Å²) in [5, 5.41) is 8.56. The Morgan fingerprint density at radius 3 is 2.36 bits per heavy atom. The zero-order valence-electron chi connectivity index (χ0n) is 7.01. The van der Waals surface area contributed by atoms with Gasteiger partial charge in [0.2, 0.25) is 0 Å². The largest absolute Gasteiger partial charge is 0.394 e. The third-order valence-corrected chi connectivity index (χ3v) is 1.62. The fourth-order valence-electron chi connectivity index (χ4n) is 0.944. The summed E-state index contributed by atoms with van der Waals surface area (Å²) in [5.41, 5.74) is 4.85. The van der Waals surface area contributed by atoms with Gasteiger partial charge in [0.25, 0.3) is 0 Å². The van der Waals surface area contributed by atoms with Crippen LogP contribution in [0.3, 0.4) is 0 Å². The van der Waals surface area contributed by atoms with Crippen LogP contribution in [0, 0.1) is 17.5 Å². The lowest BCUT2D eigenvalue weighted by molar-refractivity contribution is 0.264. The Morgan fingerprint density at radius 1 is 1.29 bits per heavy atom. The molecule has 0 amide bonds. The topological polar surface area (TPSA) is 46.2 Å². The van der Waals surface area contributed by atoms with Gasteiger partial charge in [-0.25, -0.2) is 13.2 Å². The van der Waals surface area contributed by atoms with Crippen molar-refractivity contribution in [2.75, 3.05) is 6.61 Å². The maximum Gasteiger partial charge on any atom is 0.163 e. The molecule has 0 aromatic heterocycles. The molecule has 1 aromatic carbocycles. The second-order valence-electron chi connectivity index (χ2n) is 2.58. The van der Waals surface area contributed by atoms with Crippen LogP contribution in [-0.2, 0) is 0 Å². The van der Waals surface area contributed by atoms with E-state index in [1.54, 1.807) is 0 Å². The molecule has 0 fully saturated rings. The van der Waals surface area contributed by atoms with E-state index in [9.17, 15) is 13.2 Å². The van der Waals surface area contributed by atoms with Crippen LogP contribution in [0.4, 0.5) is 13.2 Å². The Kier molecular flexibility index (Phi) is 4.90. The SMILES string of the molecule is Cl.N[C@@H](CO)c1cc(F)cc(F)c1F. The molecule has 80 valence electrons. The molecule has 0 aliphatic carbocycles. The van der Waals surface area contributed by atoms with Crippen LogP contribution in [0.5, 0.6) is 0 Å². The molecule has 1 atom stereocenters. The summed E-state index contributed by atoms with van der Waals surface area (Å²) >= 11 is 0. The first-order valence-electron chi connectivity index (χ1n) is 3.57. The average Bonchev–Trinajstić information content (AvgIpc) is 2.10. The number of benzene rings is 1. The lowest BCUT2D eigenvalue weighted by Gasteiger charge is -2.09. The second kappa shape index (κ2) is 5.19. The minimum Gasteiger partial charge on any atom is -0.394 e. The smallest absolute Gasteiger partial charge is 0.163 e. The monoisotopic (exact) mass is 227 g/mol. The van der Waals surface area contributed by atoms with Gasteiger partial charge in [-0.15, -0.1) is 12.4 Å². The third-order valence-electron chi connectivity index (χ3n) is 1.62.